The van der Waals surface area contributed by atoms with E-state index in [4.69, 9.17) is 4.74 Å². The third kappa shape index (κ3) is 2.99. The Bertz CT molecular complexity index is 1050. The predicted molar refractivity (Wildman–Crippen MR) is 97.1 cm³/mol. The Hall–Kier alpha value is -2.67. The highest BCUT2D eigenvalue weighted by Crippen LogP contribution is 2.32. The number of esters is 1. The molecule has 0 aliphatic carbocycles. The number of para-hydroxylation sites is 1. The highest BCUT2D eigenvalue weighted by molar-refractivity contribution is 8.00. The lowest BCUT2D eigenvalue weighted by molar-refractivity contribution is -0.140. The van der Waals surface area contributed by atoms with Crippen LogP contribution in [0.2, 0.25) is 0 Å². The molecule has 2 aromatic carbocycles. The van der Waals surface area contributed by atoms with Gasteiger partial charge >= 0.3 is 5.97 Å². The maximum Gasteiger partial charge on any atom is 0.319 e. The van der Waals surface area contributed by atoms with Gasteiger partial charge in [-0.25, -0.2) is 9.37 Å². The maximum absolute atomic E-state index is 13.3. The Balaban J connectivity index is 1.89. The van der Waals surface area contributed by atoms with Gasteiger partial charge in [0, 0.05) is 6.42 Å². The fraction of sp³-hybridized carbons (Fsp3) is 0.211. The Kier molecular flexibility index (Phi) is 4.24. The molecule has 3 aromatic rings. The smallest absolute Gasteiger partial charge is 0.319 e. The van der Waals surface area contributed by atoms with Crippen molar-refractivity contribution in [3.8, 4) is 5.69 Å². The number of hydrogen-bond donors (Lipinski definition) is 0. The van der Waals surface area contributed by atoms with Gasteiger partial charge < -0.3 is 4.74 Å². The zero-order valence-electron chi connectivity index (χ0n) is 13.9. The van der Waals surface area contributed by atoms with Gasteiger partial charge in [0.15, 0.2) is 5.16 Å². The molecular weight excluding hydrogens is 355 g/mol. The van der Waals surface area contributed by atoms with E-state index in [9.17, 15) is 14.0 Å². The van der Waals surface area contributed by atoms with Crippen molar-refractivity contribution in [2.75, 3.05) is 0 Å². The van der Waals surface area contributed by atoms with Crippen LogP contribution in [-0.2, 0) is 9.53 Å². The number of thioether (sulfide) groups is 1. The molecule has 26 heavy (non-hydrogen) atoms. The first-order valence-electron chi connectivity index (χ1n) is 8.18. The number of carbonyl (C=O) groups is 1. The molecule has 0 spiro atoms. The molecule has 0 N–H and O–H groups in total. The maximum atomic E-state index is 13.3. The third-order valence-electron chi connectivity index (χ3n) is 4.20. The molecule has 1 aliphatic heterocycles. The van der Waals surface area contributed by atoms with Crippen LogP contribution in [0.1, 0.15) is 13.3 Å². The lowest BCUT2D eigenvalue weighted by Gasteiger charge is -2.14. The zero-order chi connectivity index (χ0) is 18.3. The second kappa shape index (κ2) is 6.57. The van der Waals surface area contributed by atoms with Gasteiger partial charge in [-0.1, -0.05) is 23.9 Å². The number of fused-ring (bicyclic) bond motifs is 1. The highest BCUT2D eigenvalue weighted by Gasteiger charge is 2.34. The van der Waals surface area contributed by atoms with E-state index in [2.05, 4.69) is 4.98 Å². The van der Waals surface area contributed by atoms with E-state index in [1.165, 1.54) is 40.6 Å². The summed E-state index contributed by atoms with van der Waals surface area (Å²) in [6.07, 6.45) is 0.391. The van der Waals surface area contributed by atoms with Gasteiger partial charge in [0.1, 0.15) is 17.2 Å². The van der Waals surface area contributed by atoms with Crippen molar-refractivity contribution in [2.24, 2.45) is 0 Å². The van der Waals surface area contributed by atoms with Crippen molar-refractivity contribution in [3.05, 3.63) is 64.7 Å². The lowest BCUT2D eigenvalue weighted by Crippen LogP contribution is -2.23. The molecule has 2 atom stereocenters. The predicted octanol–water partition coefficient (Wildman–Crippen LogP) is 3.32. The molecule has 5 nitrogen and oxygen atoms in total. The summed E-state index contributed by atoms with van der Waals surface area (Å²) in [7, 11) is 0. The average molecular weight is 370 g/mol. The minimum absolute atomic E-state index is 0.161. The van der Waals surface area contributed by atoms with Crippen LogP contribution in [0, 0.1) is 5.82 Å². The van der Waals surface area contributed by atoms with Crippen molar-refractivity contribution in [1.82, 2.24) is 9.55 Å². The molecule has 132 valence electrons. The highest BCUT2D eigenvalue weighted by atomic mass is 32.2. The number of rotatable bonds is 3. The van der Waals surface area contributed by atoms with E-state index in [1.807, 2.05) is 6.92 Å². The van der Waals surface area contributed by atoms with Gasteiger partial charge in [0.05, 0.1) is 16.6 Å². The molecule has 4 rings (SSSR count). The van der Waals surface area contributed by atoms with Crippen molar-refractivity contribution in [1.29, 1.82) is 0 Å². The summed E-state index contributed by atoms with van der Waals surface area (Å²) in [4.78, 5) is 29.7. The minimum Gasteiger partial charge on any atom is -0.462 e. The first kappa shape index (κ1) is 16.8. The lowest BCUT2D eigenvalue weighted by atomic mass is 10.2. The Morgan fingerprint density at radius 2 is 1.88 bits per heavy atom. The van der Waals surface area contributed by atoms with Gasteiger partial charge in [0.2, 0.25) is 0 Å². The molecule has 0 bridgehead atoms. The second-order valence-electron chi connectivity index (χ2n) is 6.12. The molecule has 0 radical (unpaired) electrons. The Labute approximate surface area is 152 Å². The van der Waals surface area contributed by atoms with Crippen molar-refractivity contribution >= 4 is 28.6 Å². The van der Waals surface area contributed by atoms with E-state index in [1.54, 1.807) is 24.3 Å². The molecular formula is C19H15FN2O3S. The minimum atomic E-state index is -0.426. The fourth-order valence-electron chi connectivity index (χ4n) is 2.95. The van der Waals surface area contributed by atoms with Crippen LogP contribution in [0.25, 0.3) is 16.6 Å². The van der Waals surface area contributed by atoms with Crippen molar-refractivity contribution < 1.29 is 13.9 Å². The number of aromatic nitrogens is 2. The number of ether oxygens (including phenoxy) is 1. The number of benzene rings is 2. The molecule has 1 aromatic heterocycles. The second-order valence-corrected chi connectivity index (χ2v) is 7.29. The van der Waals surface area contributed by atoms with E-state index in [0.29, 0.717) is 28.2 Å². The third-order valence-corrected chi connectivity index (χ3v) is 5.36. The zero-order valence-corrected chi connectivity index (χ0v) is 14.7. The van der Waals surface area contributed by atoms with Crippen molar-refractivity contribution in [3.63, 3.8) is 0 Å². The van der Waals surface area contributed by atoms with Gasteiger partial charge in [0.25, 0.3) is 5.56 Å². The summed E-state index contributed by atoms with van der Waals surface area (Å²) in [6, 6.07) is 12.6. The van der Waals surface area contributed by atoms with E-state index < -0.39 is 11.1 Å². The van der Waals surface area contributed by atoms with E-state index in [-0.39, 0.29) is 17.6 Å². The normalized spacial score (nSPS) is 19.7. The van der Waals surface area contributed by atoms with E-state index >= 15 is 0 Å². The van der Waals surface area contributed by atoms with Crippen LogP contribution in [-0.4, -0.2) is 26.9 Å². The summed E-state index contributed by atoms with van der Waals surface area (Å²) in [5.74, 6) is -0.700. The standard InChI is InChI=1S/C19H15FN2O3S/c1-11-10-16(18(24)25-11)26-19-21-15-5-3-2-4-14(15)17(23)22(19)13-8-6-12(20)7-9-13/h2-9,11,16H,10H2,1H3. The van der Waals surface area contributed by atoms with Gasteiger partial charge in [-0.2, -0.15) is 0 Å². The first-order chi connectivity index (χ1) is 12.5. The van der Waals surface area contributed by atoms with Gasteiger partial charge in [-0.15, -0.1) is 0 Å². The molecule has 1 fully saturated rings. The van der Waals surface area contributed by atoms with Crippen molar-refractivity contribution in [2.45, 2.75) is 29.9 Å². The summed E-state index contributed by atoms with van der Waals surface area (Å²) in [6.45, 7) is 1.83. The van der Waals surface area contributed by atoms with Crippen LogP contribution in [0.3, 0.4) is 0 Å². The molecule has 7 heteroatoms. The summed E-state index contributed by atoms with van der Waals surface area (Å²) >= 11 is 1.20. The quantitative estimate of drug-likeness (QED) is 0.523. The van der Waals surface area contributed by atoms with Crippen LogP contribution in [0.15, 0.2) is 58.5 Å². The average Bonchev–Trinajstić information content (AvgIpc) is 2.94. The summed E-state index contributed by atoms with van der Waals surface area (Å²) in [5.41, 5.74) is 0.790. The number of cyclic esters (lactones) is 1. The molecule has 1 saturated heterocycles. The molecule has 1 aliphatic rings. The first-order valence-corrected chi connectivity index (χ1v) is 9.06. The SMILES string of the molecule is CC1CC(Sc2nc3ccccc3c(=O)n2-c2ccc(F)cc2)C(=O)O1. The number of hydrogen-bond acceptors (Lipinski definition) is 5. The van der Waals surface area contributed by atoms with E-state index in [0.717, 1.165) is 0 Å². The van der Waals surface area contributed by atoms with Crippen LogP contribution < -0.4 is 5.56 Å². The topological polar surface area (TPSA) is 61.2 Å². The number of carbonyl (C=O) groups excluding carboxylic acids is 1. The largest absolute Gasteiger partial charge is 0.462 e. The Morgan fingerprint density at radius 3 is 2.58 bits per heavy atom. The van der Waals surface area contributed by atoms with Crippen LogP contribution in [0.4, 0.5) is 4.39 Å². The number of nitrogens with zero attached hydrogens (tertiary/aromatic N) is 2. The molecule has 2 unspecified atom stereocenters. The molecule has 0 saturated carbocycles. The fourth-order valence-corrected chi connectivity index (χ4v) is 4.17. The van der Waals surface area contributed by atoms with Gasteiger partial charge in [-0.3, -0.25) is 14.2 Å². The molecule has 0 amide bonds. The Morgan fingerprint density at radius 1 is 1.15 bits per heavy atom. The molecule has 2 heterocycles. The van der Waals surface area contributed by atoms with Crippen LogP contribution >= 0.6 is 11.8 Å². The monoisotopic (exact) mass is 370 g/mol. The number of halogens is 1. The summed E-state index contributed by atoms with van der Waals surface area (Å²) < 4.78 is 19.9. The summed E-state index contributed by atoms with van der Waals surface area (Å²) in [5, 5.41) is 0.421. The van der Waals surface area contributed by atoms with Gasteiger partial charge in [-0.05, 0) is 43.3 Å². The van der Waals surface area contributed by atoms with Crippen LogP contribution in [0.5, 0.6) is 0 Å².